The molecule has 12 aromatic rings. The third-order valence-electron chi connectivity index (χ3n) is 21.0. The normalized spacial score (nSPS) is 17.9. The zero-order valence-electron chi connectivity index (χ0n) is 46.6. The van der Waals surface area contributed by atoms with E-state index in [0.717, 1.165) is 0 Å². The molecule has 79 heavy (non-hydrogen) atoms. The highest BCUT2D eigenvalue weighted by Gasteiger charge is 2.46. The molecular formula is C77H66S2. The van der Waals surface area contributed by atoms with E-state index in [9.17, 15) is 0 Å². The Morgan fingerprint density at radius 1 is 0.304 bits per heavy atom. The first kappa shape index (κ1) is 47.0. The summed E-state index contributed by atoms with van der Waals surface area (Å²) in [5, 5.41) is 11.1. The van der Waals surface area contributed by atoms with E-state index in [1.54, 1.807) is 11.1 Å². The van der Waals surface area contributed by atoms with Crippen LogP contribution in [0.4, 0.5) is 0 Å². The Hall–Kier alpha value is -6.84. The molecule has 2 fully saturated rings. The van der Waals surface area contributed by atoms with Gasteiger partial charge in [0.05, 0.1) is 0 Å². The van der Waals surface area contributed by atoms with Gasteiger partial charge < -0.3 is 0 Å². The lowest BCUT2D eigenvalue weighted by atomic mass is 9.78. The fourth-order valence-corrected chi connectivity index (χ4v) is 19.6. The van der Waals surface area contributed by atoms with E-state index >= 15 is 0 Å². The molecule has 386 valence electrons. The molecule has 2 heterocycles. The second-order valence-electron chi connectivity index (χ2n) is 26.2. The summed E-state index contributed by atoms with van der Waals surface area (Å²) in [6.45, 7) is 15.0. The summed E-state index contributed by atoms with van der Waals surface area (Å²) < 4.78 is 5.82. The Kier molecular flexibility index (Phi) is 9.89. The molecule has 2 saturated carbocycles. The largest absolute Gasteiger partial charge is 0.135 e. The monoisotopic (exact) mass is 1050 g/mol. The Bertz CT molecular complexity index is 4350. The Balaban J connectivity index is 0.809. The molecule has 0 bridgehead atoms. The van der Waals surface area contributed by atoms with Gasteiger partial charge in [-0.15, -0.1) is 22.7 Å². The summed E-state index contributed by atoms with van der Waals surface area (Å²) in [6, 6.07) is 63.1. The van der Waals surface area contributed by atoms with Crippen molar-refractivity contribution in [2.24, 2.45) is 0 Å². The van der Waals surface area contributed by atoms with Crippen molar-refractivity contribution in [3.8, 4) is 55.6 Å². The zero-order valence-corrected chi connectivity index (χ0v) is 48.2. The number of hydrogen-bond acceptors (Lipinski definition) is 2. The third-order valence-corrected chi connectivity index (χ3v) is 23.5. The van der Waals surface area contributed by atoms with Crippen molar-refractivity contribution in [3.05, 3.63) is 202 Å². The fourth-order valence-electron chi connectivity index (χ4n) is 17.0. The van der Waals surface area contributed by atoms with Crippen LogP contribution in [0.3, 0.4) is 0 Å². The molecule has 0 radical (unpaired) electrons. The minimum atomic E-state index is -0.209. The smallest absolute Gasteiger partial charge is 0.0390 e. The molecule has 0 unspecified atom stereocenters. The molecule has 10 aromatic carbocycles. The van der Waals surface area contributed by atoms with Crippen LogP contribution in [0, 0.1) is 0 Å². The molecular weight excluding hydrogens is 989 g/mol. The Morgan fingerprint density at radius 2 is 0.646 bits per heavy atom. The maximum absolute atomic E-state index is 2.65. The van der Waals surface area contributed by atoms with Crippen LogP contribution in [0.15, 0.2) is 158 Å². The van der Waals surface area contributed by atoms with Crippen molar-refractivity contribution < 1.29 is 0 Å². The van der Waals surface area contributed by atoms with Gasteiger partial charge in [0, 0.05) is 56.6 Å². The van der Waals surface area contributed by atoms with Crippen molar-refractivity contribution in [1.29, 1.82) is 0 Å². The second kappa shape index (κ2) is 16.6. The summed E-state index contributed by atoms with van der Waals surface area (Å²) in [5.74, 6) is 1.34. The number of benzene rings is 10. The van der Waals surface area contributed by atoms with Crippen molar-refractivity contribution in [3.63, 3.8) is 0 Å². The van der Waals surface area contributed by atoms with Crippen LogP contribution >= 0.6 is 22.7 Å². The van der Waals surface area contributed by atoms with Crippen LogP contribution in [-0.4, -0.2) is 0 Å². The quantitative estimate of drug-likeness (QED) is 0.165. The van der Waals surface area contributed by atoms with Crippen LogP contribution in [-0.2, 0) is 16.2 Å². The average Bonchev–Trinajstić information content (AvgIpc) is 3.50. The number of thiophene rings is 2. The lowest BCUT2D eigenvalue weighted by Crippen LogP contribution is -2.17. The first-order chi connectivity index (χ1) is 38.5. The van der Waals surface area contributed by atoms with E-state index in [1.807, 2.05) is 22.7 Å². The van der Waals surface area contributed by atoms with Crippen LogP contribution < -0.4 is 0 Å². The average molecular weight is 1060 g/mol. The molecule has 0 atom stereocenters. The number of rotatable bonds is 4. The molecule has 5 aliphatic rings. The number of hydrogen-bond donors (Lipinski definition) is 0. The number of fused-ring (bicyclic) bond motifs is 19. The highest BCUT2D eigenvalue weighted by Crippen LogP contribution is 2.62. The molecule has 2 heteroatoms. The Morgan fingerprint density at radius 3 is 1.08 bits per heavy atom. The molecule has 0 saturated heterocycles. The first-order valence-electron chi connectivity index (χ1n) is 29.9. The van der Waals surface area contributed by atoms with Gasteiger partial charge in [0.15, 0.2) is 0 Å². The minimum absolute atomic E-state index is 0.196. The lowest BCUT2D eigenvalue weighted by Gasteiger charge is -2.25. The molecule has 0 amide bonds. The highest BCUT2D eigenvalue weighted by atomic mass is 32.1. The minimum Gasteiger partial charge on any atom is -0.135 e. The second-order valence-corrected chi connectivity index (χ2v) is 28.3. The van der Waals surface area contributed by atoms with Gasteiger partial charge in [0.25, 0.3) is 0 Å². The van der Waals surface area contributed by atoms with Crippen LogP contribution in [0.25, 0.3) is 118 Å². The molecule has 5 aliphatic carbocycles. The summed E-state index contributed by atoms with van der Waals surface area (Å²) >= 11 is 4.05. The topological polar surface area (TPSA) is 0 Å². The molecule has 0 spiro atoms. The summed E-state index contributed by atoms with van der Waals surface area (Å²) in [7, 11) is 0. The summed E-state index contributed by atoms with van der Waals surface area (Å²) in [4.78, 5) is 0. The first-order valence-corrected chi connectivity index (χ1v) is 31.5. The van der Waals surface area contributed by atoms with E-state index in [0.29, 0.717) is 11.8 Å². The van der Waals surface area contributed by atoms with E-state index in [4.69, 9.17) is 0 Å². The van der Waals surface area contributed by atoms with Crippen molar-refractivity contribution >= 4 is 84.6 Å². The maximum Gasteiger partial charge on any atom is 0.0390 e. The molecule has 0 aliphatic heterocycles. The van der Waals surface area contributed by atoms with E-state index in [1.165, 1.54) is 215 Å². The maximum atomic E-state index is 2.65. The fraction of sp³-hybridized carbons (Fsp3) is 0.273. The Labute approximate surface area is 473 Å². The van der Waals surface area contributed by atoms with Gasteiger partial charge in [-0.3, -0.25) is 0 Å². The van der Waals surface area contributed by atoms with E-state index in [2.05, 4.69) is 199 Å². The SMILES string of the molecule is CC1(C)c2cc3c(cc2-c2cc4c(cc21)-c1c(cc(-c2cccc5sc6c(C7CCCCC7)cccc6c25)c2ccccc12)C4(C)C)C(C)(C)c1cc(-c2cccc4sc5c(C6CCCCC6)cccc5c24)c2ccccc2c1-3. The summed E-state index contributed by atoms with van der Waals surface area (Å²) in [5.41, 5.74) is 25.2. The van der Waals surface area contributed by atoms with Gasteiger partial charge in [0.2, 0.25) is 0 Å². The van der Waals surface area contributed by atoms with Gasteiger partial charge in [-0.05, 0) is 208 Å². The molecule has 17 rings (SSSR count). The third kappa shape index (κ3) is 6.37. The zero-order chi connectivity index (χ0) is 52.8. The predicted octanol–water partition coefficient (Wildman–Crippen LogP) is 23.1. The summed E-state index contributed by atoms with van der Waals surface area (Å²) in [6.07, 6.45) is 13.4. The molecule has 2 aromatic heterocycles. The van der Waals surface area contributed by atoms with E-state index < -0.39 is 0 Å². The van der Waals surface area contributed by atoms with Gasteiger partial charge in [-0.25, -0.2) is 0 Å². The van der Waals surface area contributed by atoms with Gasteiger partial charge in [0.1, 0.15) is 0 Å². The predicted molar refractivity (Wildman–Crippen MR) is 342 cm³/mol. The lowest BCUT2D eigenvalue weighted by molar-refractivity contribution is 0.446. The van der Waals surface area contributed by atoms with Crippen LogP contribution in [0.1, 0.15) is 162 Å². The van der Waals surface area contributed by atoms with Crippen LogP contribution in [0.5, 0.6) is 0 Å². The molecule has 0 nitrogen and oxygen atoms in total. The van der Waals surface area contributed by atoms with E-state index in [-0.39, 0.29) is 16.2 Å². The van der Waals surface area contributed by atoms with Gasteiger partial charge in [-0.2, -0.15) is 0 Å². The highest BCUT2D eigenvalue weighted by molar-refractivity contribution is 7.26. The van der Waals surface area contributed by atoms with Crippen molar-refractivity contribution in [2.75, 3.05) is 0 Å². The molecule has 0 N–H and O–H groups in total. The van der Waals surface area contributed by atoms with Gasteiger partial charge in [-0.1, -0.05) is 189 Å². The standard InChI is InChI=1S/C77H66S2/c1-75(2)61-41-59-63(76(3,4)65-37-55(47-25-13-15-27-49(47)69(59)65)51-31-19-35-67-71(51)53-33-17-29-45(73(53)78-67)43-21-9-7-10-22-43)39-57(61)58-40-64-60(42-62(58)75)70-50-28-16-14-26-48(50)56(38-66(70)77(64,5)6)52-32-20-36-68-72(52)54-34-18-30-46(74(54)79-68)44-23-11-8-12-24-44/h13-20,25-44H,7-12,21-24H2,1-6H3. The van der Waals surface area contributed by atoms with Crippen LogP contribution in [0.2, 0.25) is 0 Å². The van der Waals surface area contributed by atoms with Gasteiger partial charge >= 0.3 is 0 Å². The van der Waals surface area contributed by atoms with Crippen molar-refractivity contribution in [1.82, 2.24) is 0 Å². The van der Waals surface area contributed by atoms with Crippen molar-refractivity contribution in [2.45, 2.75) is 134 Å².